The van der Waals surface area contributed by atoms with Gasteiger partial charge in [-0.2, -0.15) is 0 Å². The van der Waals surface area contributed by atoms with Crippen LogP contribution in [-0.4, -0.2) is 48.5 Å². The Morgan fingerprint density at radius 2 is 1.64 bits per heavy atom. The molecular weight excluding hydrogens is 178 g/mol. The van der Waals surface area contributed by atoms with Crippen molar-refractivity contribution >= 4 is 0 Å². The van der Waals surface area contributed by atoms with Crippen LogP contribution in [0.1, 0.15) is 27.7 Å². The van der Waals surface area contributed by atoms with E-state index in [9.17, 15) is 5.11 Å². The summed E-state index contributed by atoms with van der Waals surface area (Å²) in [7, 11) is 0. The van der Waals surface area contributed by atoms with Gasteiger partial charge in [0.05, 0.1) is 19.8 Å². The second-order valence-electron chi connectivity index (χ2n) is 5.28. The number of hydrogen-bond donors (Lipinski definition) is 1. The van der Waals surface area contributed by atoms with Crippen molar-refractivity contribution in [3.05, 3.63) is 0 Å². The van der Waals surface area contributed by atoms with Crippen LogP contribution >= 0.6 is 0 Å². The lowest BCUT2D eigenvalue weighted by atomic mass is 9.74. The van der Waals surface area contributed by atoms with Crippen molar-refractivity contribution in [3.63, 3.8) is 0 Å². The van der Waals surface area contributed by atoms with Gasteiger partial charge in [-0.3, -0.25) is 4.90 Å². The molecule has 0 aromatic rings. The Balaban J connectivity index is 2.77. The molecule has 0 radical (unpaired) electrons. The number of hydrogen-bond acceptors (Lipinski definition) is 3. The van der Waals surface area contributed by atoms with Gasteiger partial charge in [-0.25, -0.2) is 0 Å². The molecule has 1 aliphatic heterocycles. The third-order valence-electron chi connectivity index (χ3n) is 3.63. The maximum atomic E-state index is 9.59. The van der Waals surface area contributed by atoms with Gasteiger partial charge in [-0.05, 0) is 12.3 Å². The molecule has 0 saturated carbocycles. The van der Waals surface area contributed by atoms with Crippen molar-refractivity contribution in [2.75, 3.05) is 32.9 Å². The summed E-state index contributed by atoms with van der Waals surface area (Å²) in [5.41, 5.74) is -0.0597. The number of aliphatic hydroxyl groups is 1. The first kappa shape index (κ1) is 12.0. The molecule has 0 aromatic heterocycles. The lowest BCUT2D eigenvalue weighted by Crippen LogP contribution is -2.60. The highest BCUT2D eigenvalue weighted by molar-refractivity contribution is 4.96. The van der Waals surface area contributed by atoms with Crippen LogP contribution in [0.5, 0.6) is 0 Å². The van der Waals surface area contributed by atoms with E-state index < -0.39 is 0 Å². The fraction of sp³-hybridized carbons (Fsp3) is 1.00. The summed E-state index contributed by atoms with van der Waals surface area (Å²) in [5, 5.41) is 9.59. The Morgan fingerprint density at radius 1 is 1.14 bits per heavy atom. The molecule has 0 amide bonds. The van der Waals surface area contributed by atoms with Crippen LogP contribution in [0.15, 0.2) is 0 Å². The molecule has 1 aliphatic rings. The zero-order chi connectivity index (χ0) is 10.8. The molecule has 1 N–H and O–H groups in total. The van der Waals surface area contributed by atoms with Crippen molar-refractivity contribution in [2.24, 2.45) is 5.41 Å². The summed E-state index contributed by atoms with van der Waals surface area (Å²) in [6, 6.07) is 0. The monoisotopic (exact) mass is 201 g/mol. The molecule has 14 heavy (non-hydrogen) atoms. The van der Waals surface area contributed by atoms with Crippen molar-refractivity contribution in [2.45, 2.75) is 33.2 Å². The van der Waals surface area contributed by atoms with Crippen molar-refractivity contribution in [3.8, 4) is 0 Å². The fourth-order valence-electron chi connectivity index (χ4n) is 1.87. The minimum absolute atomic E-state index is 0.0824. The van der Waals surface area contributed by atoms with Gasteiger partial charge in [0.25, 0.3) is 0 Å². The van der Waals surface area contributed by atoms with Gasteiger partial charge in [0.15, 0.2) is 0 Å². The highest BCUT2D eigenvalue weighted by atomic mass is 16.5. The molecule has 3 nitrogen and oxygen atoms in total. The molecule has 1 rings (SSSR count). The molecule has 3 heteroatoms. The molecule has 0 aliphatic carbocycles. The molecule has 1 unspecified atom stereocenters. The Hall–Kier alpha value is -0.120. The maximum Gasteiger partial charge on any atom is 0.0617 e. The third-order valence-corrected chi connectivity index (χ3v) is 3.63. The molecule has 1 heterocycles. The van der Waals surface area contributed by atoms with E-state index in [2.05, 4.69) is 32.6 Å². The van der Waals surface area contributed by atoms with Crippen LogP contribution in [-0.2, 0) is 4.74 Å². The van der Waals surface area contributed by atoms with E-state index in [4.69, 9.17) is 4.74 Å². The molecule has 0 bridgehead atoms. The van der Waals surface area contributed by atoms with Crippen LogP contribution in [0.25, 0.3) is 0 Å². The van der Waals surface area contributed by atoms with Crippen molar-refractivity contribution in [1.29, 1.82) is 0 Å². The van der Waals surface area contributed by atoms with Crippen LogP contribution in [0.3, 0.4) is 0 Å². The summed E-state index contributed by atoms with van der Waals surface area (Å²) in [5.74, 6) is 0. The van der Waals surface area contributed by atoms with Crippen molar-refractivity contribution in [1.82, 2.24) is 4.90 Å². The highest BCUT2D eigenvalue weighted by Gasteiger charge is 2.42. The Bertz CT molecular complexity index is 182. The van der Waals surface area contributed by atoms with Gasteiger partial charge >= 0.3 is 0 Å². The summed E-state index contributed by atoms with van der Waals surface area (Å²) in [4.78, 5) is 2.34. The second-order valence-corrected chi connectivity index (χ2v) is 5.28. The minimum atomic E-state index is -0.142. The number of nitrogens with zero attached hydrogens (tertiary/aromatic N) is 1. The summed E-state index contributed by atoms with van der Waals surface area (Å²) >= 11 is 0. The highest BCUT2D eigenvalue weighted by Crippen LogP contribution is 2.35. The lowest BCUT2D eigenvalue weighted by Gasteiger charge is -2.50. The van der Waals surface area contributed by atoms with E-state index in [-0.39, 0.29) is 17.6 Å². The van der Waals surface area contributed by atoms with E-state index in [0.717, 1.165) is 26.3 Å². The molecule has 84 valence electrons. The number of aliphatic hydroxyl groups excluding tert-OH is 1. The predicted molar refractivity (Wildman–Crippen MR) is 57.3 cm³/mol. The lowest BCUT2D eigenvalue weighted by molar-refractivity contribution is -0.0826. The largest absolute Gasteiger partial charge is 0.394 e. The first-order chi connectivity index (χ1) is 6.42. The molecule has 0 spiro atoms. The van der Waals surface area contributed by atoms with E-state index in [1.807, 2.05) is 0 Å². The van der Waals surface area contributed by atoms with Crippen LogP contribution < -0.4 is 0 Å². The van der Waals surface area contributed by atoms with Gasteiger partial charge in [-0.1, -0.05) is 20.8 Å². The van der Waals surface area contributed by atoms with Gasteiger partial charge in [0, 0.05) is 18.6 Å². The first-order valence-corrected chi connectivity index (χ1v) is 5.35. The van der Waals surface area contributed by atoms with Crippen molar-refractivity contribution < 1.29 is 9.84 Å². The summed E-state index contributed by atoms with van der Waals surface area (Å²) in [6.07, 6.45) is 0. The second kappa shape index (κ2) is 4.17. The Kier molecular flexibility index (Phi) is 3.56. The normalized spacial score (nSPS) is 24.6. The standard InChI is InChI=1S/C11H23NO2/c1-10(2,3)11(4,9-13)12-5-7-14-8-6-12/h13H,5-9H2,1-4H3. The molecule has 0 aromatic carbocycles. The number of rotatable bonds is 2. The molecule has 1 atom stereocenters. The van der Waals surface area contributed by atoms with Crippen LogP contribution in [0.2, 0.25) is 0 Å². The summed E-state index contributed by atoms with van der Waals surface area (Å²) < 4.78 is 5.33. The molecule has 1 saturated heterocycles. The predicted octanol–water partition coefficient (Wildman–Crippen LogP) is 1.12. The summed E-state index contributed by atoms with van der Waals surface area (Å²) in [6.45, 7) is 12.3. The third kappa shape index (κ3) is 2.10. The quantitative estimate of drug-likeness (QED) is 0.726. The molecular formula is C11H23NO2. The van der Waals surface area contributed by atoms with E-state index in [0.29, 0.717) is 0 Å². The zero-order valence-electron chi connectivity index (χ0n) is 9.84. The topological polar surface area (TPSA) is 32.7 Å². The molecule has 1 fully saturated rings. The average molecular weight is 201 g/mol. The Morgan fingerprint density at radius 3 is 2.00 bits per heavy atom. The smallest absolute Gasteiger partial charge is 0.0617 e. The SMILES string of the molecule is CC(C)(C)C(C)(CO)N1CCOCC1. The van der Waals surface area contributed by atoms with Gasteiger partial charge in [0.1, 0.15) is 0 Å². The number of ether oxygens (including phenoxy) is 1. The fourth-order valence-corrected chi connectivity index (χ4v) is 1.87. The zero-order valence-corrected chi connectivity index (χ0v) is 9.84. The number of morpholine rings is 1. The van der Waals surface area contributed by atoms with Crippen LogP contribution in [0, 0.1) is 5.41 Å². The first-order valence-electron chi connectivity index (χ1n) is 5.35. The maximum absolute atomic E-state index is 9.59. The van der Waals surface area contributed by atoms with Gasteiger partial charge in [-0.15, -0.1) is 0 Å². The minimum Gasteiger partial charge on any atom is -0.394 e. The van der Waals surface area contributed by atoms with E-state index in [1.165, 1.54) is 0 Å². The van der Waals surface area contributed by atoms with Gasteiger partial charge in [0.2, 0.25) is 0 Å². The van der Waals surface area contributed by atoms with Crippen LogP contribution in [0.4, 0.5) is 0 Å². The van der Waals surface area contributed by atoms with Gasteiger partial charge < -0.3 is 9.84 Å². The van der Waals surface area contributed by atoms with E-state index in [1.54, 1.807) is 0 Å². The Labute approximate surface area is 87.1 Å². The average Bonchev–Trinajstić information content (AvgIpc) is 2.16. The van der Waals surface area contributed by atoms with E-state index >= 15 is 0 Å².